The van der Waals surface area contributed by atoms with E-state index in [-0.39, 0.29) is 23.3 Å². The number of halogens is 1. The van der Waals surface area contributed by atoms with Crippen LogP contribution in [0, 0.1) is 10.1 Å². The molecule has 0 amide bonds. The van der Waals surface area contributed by atoms with Crippen molar-refractivity contribution in [3.05, 3.63) is 44.5 Å². The van der Waals surface area contributed by atoms with Gasteiger partial charge < -0.3 is 9.47 Å². The fourth-order valence-corrected chi connectivity index (χ4v) is 1.99. The molecule has 1 heterocycles. The first-order valence-corrected chi connectivity index (χ1v) is 6.86. The summed E-state index contributed by atoms with van der Waals surface area (Å²) in [5.74, 6) is 0.370. The number of rotatable bonds is 5. The van der Waals surface area contributed by atoms with E-state index in [9.17, 15) is 10.1 Å². The molecule has 2 rings (SSSR count). The fraction of sp³-hybridized carbons (Fsp3) is 0.231. The third-order valence-electron chi connectivity index (χ3n) is 2.71. The minimum atomic E-state index is -0.495. The van der Waals surface area contributed by atoms with Gasteiger partial charge in [-0.05, 0) is 34.0 Å². The van der Waals surface area contributed by atoms with E-state index >= 15 is 0 Å². The van der Waals surface area contributed by atoms with Crippen LogP contribution in [-0.2, 0) is 6.42 Å². The summed E-state index contributed by atoms with van der Waals surface area (Å²) >= 11 is 3.22. The number of hydrogen-bond acceptors (Lipinski definition) is 6. The van der Waals surface area contributed by atoms with E-state index in [1.807, 2.05) is 6.92 Å². The van der Waals surface area contributed by atoms with Gasteiger partial charge in [0, 0.05) is 6.07 Å². The Kier molecular flexibility index (Phi) is 4.69. The molecular weight excluding hydrogens is 342 g/mol. The first-order valence-electron chi connectivity index (χ1n) is 6.06. The molecule has 0 radical (unpaired) electrons. The summed E-state index contributed by atoms with van der Waals surface area (Å²) in [6.45, 7) is 1.92. The van der Waals surface area contributed by atoms with Crippen LogP contribution in [0.2, 0.25) is 0 Å². The highest BCUT2D eigenvalue weighted by atomic mass is 79.9. The highest BCUT2D eigenvalue weighted by Gasteiger charge is 2.18. The van der Waals surface area contributed by atoms with Gasteiger partial charge in [-0.1, -0.05) is 13.0 Å². The van der Waals surface area contributed by atoms with Gasteiger partial charge in [0.15, 0.2) is 0 Å². The number of ether oxygens (including phenoxy) is 2. The van der Waals surface area contributed by atoms with Gasteiger partial charge in [-0.2, -0.15) is 4.98 Å². The second kappa shape index (κ2) is 6.49. The minimum Gasteiger partial charge on any atom is -0.480 e. The van der Waals surface area contributed by atoms with Crippen molar-refractivity contribution in [2.45, 2.75) is 13.3 Å². The highest BCUT2D eigenvalue weighted by Crippen LogP contribution is 2.32. The summed E-state index contributed by atoms with van der Waals surface area (Å²) < 4.78 is 11.0. The summed E-state index contributed by atoms with van der Waals surface area (Å²) in [4.78, 5) is 18.6. The van der Waals surface area contributed by atoms with Gasteiger partial charge in [0.05, 0.1) is 22.7 Å². The van der Waals surface area contributed by atoms with Crippen LogP contribution in [0.1, 0.15) is 12.5 Å². The summed E-state index contributed by atoms with van der Waals surface area (Å²) in [5, 5.41) is 11.1. The number of benzene rings is 1. The molecule has 1 aromatic heterocycles. The van der Waals surface area contributed by atoms with Gasteiger partial charge in [0.2, 0.25) is 11.6 Å². The van der Waals surface area contributed by atoms with Crippen LogP contribution >= 0.6 is 15.9 Å². The number of aromatic nitrogens is 2. The van der Waals surface area contributed by atoms with Gasteiger partial charge in [0.25, 0.3) is 0 Å². The zero-order valence-electron chi connectivity index (χ0n) is 11.4. The van der Waals surface area contributed by atoms with Crippen LogP contribution in [0.4, 0.5) is 5.69 Å². The maximum absolute atomic E-state index is 11.1. The monoisotopic (exact) mass is 353 g/mol. The van der Waals surface area contributed by atoms with E-state index in [4.69, 9.17) is 9.47 Å². The Bertz CT molecular complexity index is 678. The molecule has 0 atom stereocenters. The van der Waals surface area contributed by atoms with Crippen molar-refractivity contribution in [2.24, 2.45) is 0 Å². The number of nitro groups is 1. The van der Waals surface area contributed by atoms with Crippen molar-refractivity contribution in [3.63, 3.8) is 0 Å². The molecular formula is C13H12BrN3O4. The van der Waals surface area contributed by atoms with Crippen LogP contribution in [0.3, 0.4) is 0 Å². The standard InChI is InChI=1S/C13H12BrN3O4/c1-3-8-4-5-11(10(6-8)17(18)19)21-13-15-7-9(14)12(16-13)20-2/h4-7H,3H2,1-2H3. The number of hydrogen-bond donors (Lipinski definition) is 0. The summed E-state index contributed by atoms with van der Waals surface area (Å²) in [5.41, 5.74) is 0.725. The molecule has 110 valence electrons. The van der Waals surface area contributed by atoms with Crippen molar-refractivity contribution in [2.75, 3.05) is 7.11 Å². The molecule has 8 heteroatoms. The van der Waals surface area contributed by atoms with Crippen molar-refractivity contribution >= 4 is 21.6 Å². The lowest BCUT2D eigenvalue weighted by atomic mass is 10.1. The quantitative estimate of drug-likeness (QED) is 0.603. The van der Waals surface area contributed by atoms with E-state index in [1.165, 1.54) is 25.4 Å². The largest absolute Gasteiger partial charge is 0.480 e. The fourth-order valence-electron chi connectivity index (χ4n) is 1.64. The maximum atomic E-state index is 11.1. The Morgan fingerprint density at radius 2 is 2.19 bits per heavy atom. The van der Waals surface area contributed by atoms with Crippen molar-refractivity contribution in [3.8, 4) is 17.6 Å². The zero-order valence-corrected chi connectivity index (χ0v) is 13.0. The molecule has 7 nitrogen and oxygen atoms in total. The van der Waals surface area contributed by atoms with Gasteiger partial charge >= 0.3 is 11.7 Å². The number of aryl methyl sites for hydroxylation is 1. The zero-order chi connectivity index (χ0) is 15.4. The molecule has 0 saturated heterocycles. The van der Waals surface area contributed by atoms with Crippen molar-refractivity contribution < 1.29 is 14.4 Å². The van der Waals surface area contributed by atoms with Crippen LogP contribution in [0.15, 0.2) is 28.9 Å². The molecule has 0 aliphatic carbocycles. The number of nitrogens with zero attached hydrogens (tertiary/aromatic N) is 3. The molecule has 0 aliphatic rings. The smallest absolute Gasteiger partial charge is 0.325 e. The Morgan fingerprint density at radius 3 is 2.81 bits per heavy atom. The van der Waals surface area contributed by atoms with Gasteiger partial charge in [-0.25, -0.2) is 4.98 Å². The Hall–Kier alpha value is -2.22. The molecule has 0 fully saturated rings. The number of nitro benzene ring substituents is 1. The average molecular weight is 354 g/mol. The molecule has 0 aliphatic heterocycles. The number of methoxy groups -OCH3 is 1. The van der Waals surface area contributed by atoms with Gasteiger partial charge in [0.1, 0.15) is 0 Å². The topological polar surface area (TPSA) is 87.4 Å². The predicted molar refractivity (Wildman–Crippen MR) is 78.8 cm³/mol. The van der Waals surface area contributed by atoms with E-state index in [1.54, 1.807) is 6.07 Å². The minimum absolute atomic E-state index is 0.0256. The van der Waals surface area contributed by atoms with Gasteiger partial charge in [-0.15, -0.1) is 0 Å². The van der Waals surface area contributed by atoms with Crippen LogP contribution in [0.5, 0.6) is 17.6 Å². The lowest BCUT2D eigenvalue weighted by Gasteiger charge is -2.07. The lowest BCUT2D eigenvalue weighted by Crippen LogP contribution is -1.99. The van der Waals surface area contributed by atoms with E-state index < -0.39 is 4.92 Å². The summed E-state index contributed by atoms with van der Waals surface area (Å²) in [6, 6.07) is 4.75. The Balaban J connectivity index is 2.37. The molecule has 2 aromatic rings. The predicted octanol–water partition coefficient (Wildman–Crippen LogP) is 3.51. The van der Waals surface area contributed by atoms with Crippen molar-refractivity contribution in [1.82, 2.24) is 9.97 Å². The normalized spacial score (nSPS) is 10.2. The third-order valence-corrected chi connectivity index (χ3v) is 3.26. The van der Waals surface area contributed by atoms with Gasteiger partial charge in [-0.3, -0.25) is 10.1 Å². The second-order valence-corrected chi connectivity index (χ2v) is 4.88. The van der Waals surface area contributed by atoms with Crippen LogP contribution < -0.4 is 9.47 Å². The van der Waals surface area contributed by atoms with E-state index in [2.05, 4.69) is 25.9 Å². The third kappa shape index (κ3) is 3.46. The summed E-state index contributed by atoms with van der Waals surface area (Å²) in [7, 11) is 1.45. The molecule has 1 aromatic carbocycles. The lowest BCUT2D eigenvalue weighted by molar-refractivity contribution is -0.385. The van der Waals surface area contributed by atoms with Crippen LogP contribution in [-0.4, -0.2) is 22.0 Å². The summed E-state index contributed by atoms with van der Waals surface area (Å²) in [6.07, 6.45) is 2.15. The molecule has 0 saturated carbocycles. The Labute approximate surface area is 129 Å². The first-order chi connectivity index (χ1) is 10.0. The van der Waals surface area contributed by atoms with Crippen molar-refractivity contribution in [1.29, 1.82) is 0 Å². The average Bonchev–Trinajstić information content (AvgIpc) is 2.49. The van der Waals surface area contributed by atoms with E-state index in [0.29, 0.717) is 10.9 Å². The Morgan fingerprint density at radius 1 is 1.43 bits per heavy atom. The van der Waals surface area contributed by atoms with E-state index in [0.717, 1.165) is 5.56 Å². The second-order valence-electron chi connectivity index (χ2n) is 4.02. The SMILES string of the molecule is CCc1ccc(Oc2ncc(Br)c(OC)n2)c([N+](=O)[O-])c1. The molecule has 0 unspecified atom stereocenters. The van der Waals surface area contributed by atoms with Crippen LogP contribution in [0.25, 0.3) is 0 Å². The first kappa shape index (κ1) is 15.2. The maximum Gasteiger partial charge on any atom is 0.325 e. The molecule has 21 heavy (non-hydrogen) atoms. The highest BCUT2D eigenvalue weighted by molar-refractivity contribution is 9.10. The molecule has 0 N–H and O–H groups in total. The molecule has 0 spiro atoms. The molecule has 0 bridgehead atoms.